The standard InChI is InChI=1S/C19H24BrF2NOS/c1-18(2,3)25(24)23-16-15-10-14(20)5-4-13(15)11-19(16)8-6-12(7-9-19)17(21)22/h4-5,10,12,17H,6-9,11H2,1-3H3/b23-16+. The van der Waals surface area contributed by atoms with E-state index in [0.29, 0.717) is 25.7 Å². The van der Waals surface area contributed by atoms with E-state index in [4.69, 9.17) is 0 Å². The van der Waals surface area contributed by atoms with E-state index in [2.05, 4.69) is 26.4 Å². The maximum Gasteiger partial charge on any atom is 0.241 e. The van der Waals surface area contributed by atoms with E-state index in [0.717, 1.165) is 22.2 Å². The lowest BCUT2D eigenvalue weighted by Gasteiger charge is -2.37. The number of alkyl halides is 2. The normalized spacial score (nSPS) is 29.4. The summed E-state index contributed by atoms with van der Waals surface area (Å²) < 4.78 is 44.1. The number of hydrogen-bond acceptors (Lipinski definition) is 1. The first-order chi connectivity index (χ1) is 11.6. The third-order valence-corrected chi connectivity index (χ3v) is 7.29. The number of fused-ring (bicyclic) bond motifs is 1. The van der Waals surface area contributed by atoms with Crippen LogP contribution in [0.3, 0.4) is 0 Å². The van der Waals surface area contributed by atoms with Gasteiger partial charge in [0.25, 0.3) is 0 Å². The van der Waals surface area contributed by atoms with Crippen LogP contribution in [0.25, 0.3) is 0 Å². The van der Waals surface area contributed by atoms with Gasteiger partial charge in [-0.2, -0.15) is 4.40 Å². The molecule has 0 saturated heterocycles. The van der Waals surface area contributed by atoms with Gasteiger partial charge in [0.15, 0.2) is 0 Å². The zero-order valence-electron chi connectivity index (χ0n) is 14.8. The van der Waals surface area contributed by atoms with Crippen LogP contribution in [-0.4, -0.2) is 21.1 Å². The van der Waals surface area contributed by atoms with Gasteiger partial charge in [0.05, 0.1) is 10.5 Å². The molecular formula is C19H24BrF2NOS. The molecule has 1 fully saturated rings. The van der Waals surface area contributed by atoms with Crippen LogP contribution < -0.4 is 0 Å². The predicted octanol–water partition coefficient (Wildman–Crippen LogP) is 5.70. The monoisotopic (exact) mass is 431 g/mol. The molecule has 2 aliphatic rings. The van der Waals surface area contributed by atoms with Crippen LogP contribution in [0.15, 0.2) is 27.1 Å². The molecule has 0 N–H and O–H groups in total. The van der Waals surface area contributed by atoms with E-state index in [9.17, 15) is 13.0 Å². The highest BCUT2D eigenvalue weighted by Gasteiger charge is 2.47. The molecule has 1 unspecified atom stereocenters. The summed E-state index contributed by atoms with van der Waals surface area (Å²) in [6.07, 6.45) is 0.954. The third kappa shape index (κ3) is 3.75. The Hall–Kier alpha value is -0.620. The molecule has 1 saturated carbocycles. The van der Waals surface area contributed by atoms with E-state index < -0.39 is 28.1 Å². The van der Waals surface area contributed by atoms with Crippen molar-refractivity contribution >= 4 is 32.6 Å². The van der Waals surface area contributed by atoms with Gasteiger partial charge in [-0.05, 0) is 70.6 Å². The first-order valence-corrected chi connectivity index (χ1v) is 10.6. The minimum Gasteiger partial charge on any atom is -0.234 e. The Morgan fingerprint density at radius 1 is 1.28 bits per heavy atom. The first kappa shape index (κ1) is 19.2. The van der Waals surface area contributed by atoms with Crippen molar-refractivity contribution < 1.29 is 13.0 Å². The summed E-state index contributed by atoms with van der Waals surface area (Å²) in [7, 11) is -1.36. The molecule has 25 heavy (non-hydrogen) atoms. The van der Waals surface area contributed by atoms with Crippen molar-refractivity contribution in [3.8, 4) is 0 Å². The van der Waals surface area contributed by atoms with E-state index in [1.54, 1.807) is 0 Å². The summed E-state index contributed by atoms with van der Waals surface area (Å²) in [6.45, 7) is 5.72. The van der Waals surface area contributed by atoms with E-state index >= 15 is 0 Å². The molecule has 138 valence electrons. The second-order valence-electron chi connectivity index (χ2n) is 8.23. The lowest BCUT2D eigenvalue weighted by atomic mass is 9.68. The predicted molar refractivity (Wildman–Crippen MR) is 103 cm³/mol. The Balaban J connectivity index is 2.01. The van der Waals surface area contributed by atoms with Gasteiger partial charge in [-0.1, -0.05) is 22.0 Å². The molecule has 0 bridgehead atoms. The van der Waals surface area contributed by atoms with Crippen LogP contribution >= 0.6 is 15.9 Å². The SMILES string of the molecule is CC(C)(C)S(=O)/N=C1\c2cc(Br)ccc2CC12CCC(C(F)F)CC2. The zero-order chi connectivity index (χ0) is 18.4. The van der Waals surface area contributed by atoms with Gasteiger partial charge in [0, 0.05) is 21.4 Å². The van der Waals surface area contributed by atoms with Gasteiger partial charge in [0.1, 0.15) is 11.0 Å². The second-order valence-corrected chi connectivity index (χ2v) is 11.1. The van der Waals surface area contributed by atoms with Crippen LogP contribution in [0.5, 0.6) is 0 Å². The van der Waals surface area contributed by atoms with Crippen molar-refractivity contribution in [3.63, 3.8) is 0 Å². The number of nitrogens with zero attached hydrogens (tertiary/aromatic N) is 1. The Kier molecular flexibility index (Phi) is 5.24. The van der Waals surface area contributed by atoms with E-state index in [-0.39, 0.29) is 5.41 Å². The highest BCUT2D eigenvalue weighted by molar-refractivity contribution is 9.10. The van der Waals surface area contributed by atoms with Crippen molar-refractivity contribution in [2.24, 2.45) is 15.7 Å². The number of benzene rings is 1. The number of halogens is 3. The topological polar surface area (TPSA) is 29.4 Å². The fourth-order valence-corrected chi connectivity index (χ4v) is 4.97. The molecule has 3 rings (SSSR count). The molecule has 1 aromatic carbocycles. The molecule has 6 heteroatoms. The quantitative estimate of drug-likeness (QED) is 0.590. The van der Waals surface area contributed by atoms with Crippen LogP contribution in [0, 0.1) is 11.3 Å². The van der Waals surface area contributed by atoms with Crippen molar-refractivity contribution in [2.75, 3.05) is 0 Å². The van der Waals surface area contributed by atoms with E-state index in [1.807, 2.05) is 32.9 Å². The maximum atomic E-state index is 13.1. The Labute approximate surface area is 159 Å². The minimum atomic E-state index is -2.25. The molecule has 1 aromatic rings. The average Bonchev–Trinajstić information content (AvgIpc) is 2.80. The van der Waals surface area contributed by atoms with Gasteiger partial charge < -0.3 is 0 Å². The van der Waals surface area contributed by atoms with Crippen LogP contribution in [0.1, 0.15) is 57.6 Å². The molecule has 1 spiro atoms. The summed E-state index contributed by atoms with van der Waals surface area (Å²) in [5.74, 6) is -0.518. The molecular weight excluding hydrogens is 408 g/mol. The van der Waals surface area contributed by atoms with Gasteiger partial charge >= 0.3 is 0 Å². The number of hydrogen-bond donors (Lipinski definition) is 0. The Morgan fingerprint density at radius 3 is 2.48 bits per heavy atom. The lowest BCUT2D eigenvalue weighted by molar-refractivity contribution is 0.0395. The third-order valence-electron chi connectivity index (χ3n) is 5.40. The van der Waals surface area contributed by atoms with Gasteiger partial charge in [-0.3, -0.25) is 0 Å². The molecule has 0 aliphatic heterocycles. The largest absolute Gasteiger partial charge is 0.241 e. The average molecular weight is 432 g/mol. The first-order valence-electron chi connectivity index (χ1n) is 8.70. The second kappa shape index (κ2) is 6.84. The van der Waals surface area contributed by atoms with Crippen molar-refractivity contribution in [1.82, 2.24) is 0 Å². The highest BCUT2D eigenvalue weighted by atomic mass is 79.9. The summed E-state index contributed by atoms with van der Waals surface area (Å²) in [4.78, 5) is 0. The molecule has 1 atom stereocenters. The fourth-order valence-electron chi connectivity index (χ4n) is 3.88. The molecule has 0 aromatic heterocycles. The Morgan fingerprint density at radius 2 is 1.92 bits per heavy atom. The van der Waals surface area contributed by atoms with Crippen molar-refractivity contribution in [1.29, 1.82) is 0 Å². The smallest absolute Gasteiger partial charge is 0.234 e. The van der Waals surface area contributed by atoms with Crippen LogP contribution in [0.4, 0.5) is 8.78 Å². The number of rotatable bonds is 2. The zero-order valence-corrected chi connectivity index (χ0v) is 17.2. The fraction of sp³-hybridized carbons (Fsp3) is 0.632. The summed E-state index contributed by atoms with van der Waals surface area (Å²) in [5.41, 5.74) is 2.84. The van der Waals surface area contributed by atoms with Crippen LogP contribution in [-0.2, 0) is 17.4 Å². The maximum absolute atomic E-state index is 13.1. The molecule has 0 heterocycles. The molecule has 0 radical (unpaired) electrons. The lowest BCUT2D eigenvalue weighted by Crippen LogP contribution is -2.36. The minimum absolute atomic E-state index is 0.241. The van der Waals surface area contributed by atoms with Gasteiger partial charge in [-0.15, -0.1) is 0 Å². The summed E-state index contributed by atoms with van der Waals surface area (Å²) in [5, 5.41) is 0. The van der Waals surface area contributed by atoms with E-state index in [1.165, 1.54) is 5.56 Å². The molecule has 2 nitrogen and oxygen atoms in total. The van der Waals surface area contributed by atoms with Crippen molar-refractivity contribution in [2.45, 2.75) is 64.0 Å². The van der Waals surface area contributed by atoms with Crippen LogP contribution in [0.2, 0.25) is 0 Å². The van der Waals surface area contributed by atoms with Gasteiger partial charge in [-0.25, -0.2) is 13.0 Å². The Bertz CT molecular complexity index is 719. The van der Waals surface area contributed by atoms with Gasteiger partial charge in [0.2, 0.25) is 6.43 Å². The highest BCUT2D eigenvalue weighted by Crippen LogP contribution is 2.50. The molecule has 2 aliphatic carbocycles. The van der Waals surface area contributed by atoms with Crippen molar-refractivity contribution in [3.05, 3.63) is 33.8 Å². The summed E-state index contributed by atoms with van der Waals surface area (Å²) >= 11 is 3.51. The summed E-state index contributed by atoms with van der Waals surface area (Å²) in [6, 6.07) is 6.10. The molecule has 0 amide bonds.